The molecule has 0 saturated carbocycles. The topological polar surface area (TPSA) is 85.6 Å². The summed E-state index contributed by atoms with van der Waals surface area (Å²) >= 11 is 0. The minimum Gasteiger partial charge on any atom is -0.486 e. The fourth-order valence-electron chi connectivity index (χ4n) is 2.53. The monoisotopic (exact) mass is 325 g/mol. The molecule has 0 fully saturated rings. The van der Waals surface area contributed by atoms with Crippen LogP contribution >= 0.6 is 0 Å². The van der Waals surface area contributed by atoms with E-state index in [2.05, 4.69) is 15.6 Å². The van der Waals surface area contributed by atoms with Crippen LogP contribution < -0.4 is 20.1 Å². The first-order valence-corrected chi connectivity index (χ1v) is 7.52. The molecule has 1 aliphatic rings. The third-order valence-electron chi connectivity index (χ3n) is 3.55. The Morgan fingerprint density at radius 3 is 2.54 bits per heavy atom. The van der Waals surface area contributed by atoms with Gasteiger partial charge in [-0.3, -0.25) is 0 Å². The zero-order valence-corrected chi connectivity index (χ0v) is 13.0. The van der Waals surface area contributed by atoms with Crippen molar-refractivity contribution >= 4 is 28.5 Å². The molecule has 7 nitrogen and oxygen atoms in total. The molecule has 0 saturated heterocycles. The summed E-state index contributed by atoms with van der Waals surface area (Å²) in [5.74, 6) is 1.89. The Kier molecular flexibility index (Phi) is 3.45. The molecule has 24 heavy (non-hydrogen) atoms. The molecule has 0 aliphatic carbocycles. The smallest absolute Gasteiger partial charge is 0.323 e. The normalized spacial score (nSPS) is 12.9. The number of urea groups is 1. The van der Waals surface area contributed by atoms with Crippen molar-refractivity contribution in [3.8, 4) is 11.5 Å². The molecule has 2 amide bonds. The van der Waals surface area contributed by atoms with Crippen molar-refractivity contribution in [2.24, 2.45) is 0 Å². The van der Waals surface area contributed by atoms with E-state index in [1.807, 2.05) is 0 Å². The Labute approximate surface area is 137 Å². The van der Waals surface area contributed by atoms with E-state index in [4.69, 9.17) is 13.9 Å². The number of rotatable bonds is 2. The molecule has 1 aliphatic heterocycles. The second-order valence-electron chi connectivity index (χ2n) is 5.35. The Balaban J connectivity index is 1.47. The van der Waals surface area contributed by atoms with Gasteiger partial charge >= 0.3 is 6.03 Å². The fraction of sp³-hybridized carbons (Fsp3) is 0.176. The number of hydrogen-bond acceptors (Lipinski definition) is 5. The van der Waals surface area contributed by atoms with Crippen LogP contribution in [-0.4, -0.2) is 24.2 Å². The van der Waals surface area contributed by atoms with Crippen LogP contribution in [0.5, 0.6) is 11.5 Å². The van der Waals surface area contributed by atoms with Crippen LogP contribution in [0.15, 0.2) is 40.8 Å². The van der Waals surface area contributed by atoms with Gasteiger partial charge in [0, 0.05) is 24.4 Å². The summed E-state index contributed by atoms with van der Waals surface area (Å²) in [6.45, 7) is 2.81. The summed E-state index contributed by atoms with van der Waals surface area (Å²) in [4.78, 5) is 16.4. The van der Waals surface area contributed by atoms with E-state index < -0.39 is 0 Å². The minimum absolute atomic E-state index is 0.355. The standard InChI is InChI=1S/C17H15N3O4/c1-10-18-13-8-11(2-4-14(13)24-10)19-17(21)20-12-3-5-15-16(9-12)23-7-6-22-15/h2-5,8-9H,6-7H2,1H3,(H2,19,20,21). The van der Waals surface area contributed by atoms with Gasteiger partial charge in [-0.15, -0.1) is 0 Å². The van der Waals surface area contributed by atoms with Gasteiger partial charge in [-0.05, 0) is 30.3 Å². The number of oxazole rings is 1. The largest absolute Gasteiger partial charge is 0.486 e. The van der Waals surface area contributed by atoms with Crippen LogP contribution in [-0.2, 0) is 0 Å². The average Bonchev–Trinajstić information content (AvgIpc) is 2.94. The molecular formula is C17H15N3O4. The van der Waals surface area contributed by atoms with Crippen molar-refractivity contribution in [2.75, 3.05) is 23.8 Å². The number of nitrogens with one attached hydrogen (secondary N) is 2. The van der Waals surface area contributed by atoms with Crippen LogP contribution in [0.4, 0.5) is 16.2 Å². The van der Waals surface area contributed by atoms with Gasteiger partial charge in [0.1, 0.15) is 18.7 Å². The number of carbonyl (C=O) groups is 1. The van der Waals surface area contributed by atoms with Crippen LogP contribution in [0.2, 0.25) is 0 Å². The van der Waals surface area contributed by atoms with Gasteiger partial charge in [-0.1, -0.05) is 0 Å². The lowest BCUT2D eigenvalue weighted by Gasteiger charge is -2.19. The zero-order valence-electron chi connectivity index (χ0n) is 13.0. The minimum atomic E-state index is -0.355. The molecule has 3 aromatic rings. The molecule has 7 heteroatoms. The maximum atomic E-state index is 12.2. The maximum absolute atomic E-state index is 12.2. The summed E-state index contributed by atoms with van der Waals surface area (Å²) in [5.41, 5.74) is 2.64. The van der Waals surface area contributed by atoms with Gasteiger partial charge in [0.2, 0.25) is 0 Å². The van der Waals surface area contributed by atoms with Crippen molar-refractivity contribution in [3.63, 3.8) is 0 Å². The van der Waals surface area contributed by atoms with Gasteiger partial charge in [0.15, 0.2) is 23.0 Å². The van der Waals surface area contributed by atoms with Crippen molar-refractivity contribution in [1.82, 2.24) is 4.98 Å². The van der Waals surface area contributed by atoms with Gasteiger partial charge < -0.3 is 24.5 Å². The number of amides is 2. The molecule has 122 valence electrons. The van der Waals surface area contributed by atoms with E-state index in [0.717, 1.165) is 0 Å². The van der Waals surface area contributed by atoms with E-state index in [9.17, 15) is 4.79 Å². The van der Waals surface area contributed by atoms with Crippen LogP contribution in [0.3, 0.4) is 0 Å². The first-order valence-electron chi connectivity index (χ1n) is 7.52. The summed E-state index contributed by atoms with van der Waals surface area (Å²) in [6.07, 6.45) is 0. The summed E-state index contributed by atoms with van der Waals surface area (Å²) in [5, 5.41) is 5.53. The van der Waals surface area contributed by atoms with Crippen molar-refractivity contribution in [3.05, 3.63) is 42.3 Å². The Morgan fingerprint density at radius 1 is 1.00 bits per heavy atom. The van der Waals surface area contributed by atoms with Gasteiger partial charge in [0.25, 0.3) is 0 Å². The number of fused-ring (bicyclic) bond motifs is 2. The number of carbonyl (C=O) groups excluding carboxylic acids is 1. The SMILES string of the molecule is Cc1nc2cc(NC(=O)Nc3ccc4c(c3)OCCO4)ccc2o1. The molecule has 0 bridgehead atoms. The number of aryl methyl sites for hydroxylation is 1. The van der Waals surface area contributed by atoms with Gasteiger partial charge in [-0.2, -0.15) is 0 Å². The molecule has 4 rings (SSSR count). The number of anilines is 2. The van der Waals surface area contributed by atoms with Crippen LogP contribution in [0.1, 0.15) is 5.89 Å². The summed E-state index contributed by atoms with van der Waals surface area (Å²) < 4.78 is 16.4. The predicted molar refractivity (Wildman–Crippen MR) is 88.8 cm³/mol. The van der Waals surface area contributed by atoms with Gasteiger partial charge in [-0.25, -0.2) is 9.78 Å². The molecule has 2 aromatic carbocycles. The Bertz CT molecular complexity index is 919. The third kappa shape index (κ3) is 2.83. The van der Waals surface area contributed by atoms with E-state index >= 15 is 0 Å². The van der Waals surface area contributed by atoms with E-state index in [-0.39, 0.29) is 6.03 Å². The number of hydrogen-bond donors (Lipinski definition) is 2. The lowest BCUT2D eigenvalue weighted by atomic mass is 10.2. The number of ether oxygens (including phenoxy) is 2. The first-order chi connectivity index (χ1) is 11.7. The second-order valence-corrected chi connectivity index (χ2v) is 5.35. The molecule has 0 radical (unpaired) electrons. The third-order valence-corrected chi connectivity index (χ3v) is 3.55. The highest BCUT2D eigenvalue weighted by Gasteiger charge is 2.13. The Hall–Kier alpha value is -3.22. The van der Waals surface area contributed by atoms with Crippen molar-refractivity contribution in [1.29, 1.82) is 0 Å². The number of nitrogens with zero attached hydrogens (tertiary/aromatic N) is 1. The predicted octanol–water partition coefficient (Wildman–Crippen LogP) is 3.55. The van der Waals surface area contributed by atoms with Crippen molar-refractivity contribution < 1.29 is 18.7 Å². The molecule has 0 spiro atoms. The molecular weight excluding hydrogens is 310 g/mol. The average molecular weight is 325 g/mol. The second kappa shape index (κ2) is 5.77. The lowest BCUT2D eigenvalue weighted by Crippen LogP contribution is -2.20. The Morgan fingerprint density at radius 2 is 1.71 bits per heavy atom. The quantitative estimate of drug-likeness (QED) is 0.752. The van der Waals surface area contributed by atoms with Gasteiger partial charge in [0.05, 0.1) is 0 Å². The number of aromatic nitrogens is 1. The molecule has 0 atom stereocenters. The molecule has 1 aromatic heterocycles. The number of benzene rings is 2. The molecule has 2 N–H and O–H groups in total. The highest BCUT2D eigenvalue weighted by Crippen LogP contribution is 2.32. The lowest BCUT2D eigenvalue weighted by molar-refractivity contribution is 0.171. The van der Waals surface area contributed by atoms with E-state index in [0.29, 0.717) is 53.1 Å². The molecule has 0 unspecified atom stereocenters. The molecule has 2 heterocycles. The highest BCUT2D eigenvalue weighted by atomic mass is 16.6. The zero-order chi connectivity index (χ0) is 16.5. The first kappa shape index (κ1) is 14.4. The summed E-state index contributed by atoms with van der Waals surface area (Å²) in [6, 6.07) is 10.2. The van der Waals surface area contributed by atoms with Crippen LogP contribution in [0.25, 0.3) is 11.1 Å². The highest BCUT2D eigenvalue weighted by molar-refractivity contribution is 6.00. The van der Waals surface area contributed by atoms with E-state index in [1.165, 1.54) is 0 Å². The van der Waals surface area contributed by atoms with Crippen LogP contribution in [0, 0.1) is 6.92 Å². The summed E-state index contributed by atoms with van der Waals surface area (Å²) in [7, 11) is 0. The fourth-order valence-corrected chi connectivity index (χ4v) is 2.53. The maximum Gasteiger partial charge on any atom is 0.323 e. The van der Waals surface area contributed by atoms with Crippen molar-refractivity contribution in [2.45, 2.75) is 6.92 Å². The van der Waals surface area contributed by atoms with E-state index in [1.54, 1.807) is 43.3 Å².